The molecule has 3 unspecified atom stereocenters. The minimum Gasteiger partial charge on any atom is -0.456 e. The topological polar surface area (TPSA) is 111 Å². The van der Waals surface area contributed by atoms with Gasteiger partial charge in [-0.3, -0.25) is 18.6 Å². The molecular weight excluding hydrogens is 1140 g/mol. The van der Waals surface area contributed by atoms with Crippen molar-refractivity contribution in [3.63, 3.8) is 0 Å². The van der Waals surface area contributed by atoms with E-state index >= 15 is 0 Å². The number of nitrogens with zero attached hydrogens (tertiary/aromatic N) is 1. The Morgan fingerprint density at radius 3 is 1.02 bits per heavy atom. The van der Waals surface area contributed by atoms with Crippen molar-refractivity contribution in [2.75, 3.05) is 40.9 Å². The lowest BCUT2D eigenvalue weighted by molar-refractivity contribution is -0.870. The number of hydrogen-bond donors (Lipinski definition) is 2. The molecule has 91 heavy (non-hydrogen) atoms. The van der Waals surface area contributed by atoms with Gasteiger partial charge in [0.25, 0.3) is 0 Å². The minimum atomic E-state index is -4.47. The molecule has 0 aliphatic heterocycles. The van der Waals surface area contributed by atoms with Gasteiger partial charge in [-0.1, -0.05) is 317 Å². The first-order chi connectivity index (χ1) is 44.4. The highest BCUT2D eigenvalue weighted by Gasteiger charge is 2.30. The second-order valence-electron chi connectivity index (χ2n) is 26.8. The third-order valence-corrected chi connectivity index (χ3v) is 17.7. The SMILES string of the molecule is CCCCC/C=C\C/C=C\C/C=C\C/C=C\CCCCCCCCCCCCCC(=O)NC(COP(=O)(O)OCC[N+](C)(C)C)C(/C=C/CCCCCCCCCCCCC)OC(=O)CCCCCCCCCCC/C=C\C/C=C\C/C=C\C/C=C\CCCCC. The molecule has 0 radical (unpaired) electrons. The van der Waals surface area contributed by atoms with Crippen LogP contribution in [0.25, 0.3) is 0 Å². The van der Waals surface area contributed by atoms with E-state index in [0.717, 1.165) is 109 Å². The van der Waals surface area contributed by atoms with Crippen molar-refractivity contribution in [2.45, 2.75) is 354 Å². The van der Waals surface area contributed by atoms with Crippen LogP contribution in [0.1, 0.15) is 342 Å². The highest BCUT2D eigenvalue weighted by atomic mass is 31.2. The molecule has 0 aromatic carbocycles. The van der Waals surface area contributed by atoms with Crippen LogP contribution in [0, 0.1) is 0 Å². The normalized spacial score (nSPS) is 14.1. The predicted octanol–water partition coefficient (Wildman–Crippen LogP) is 24.8. The number of carbonyl (C=O) groups is 2. The summed E-state index contributed by atoms with van der Waals surface area (Å²) in [5, 5.41) is 3.08. The van der Waals surface area contributed by atoms with Crippen LogP contribution >= 0.6 is 7.82 Å². The Labute approximate surface area is 563 Å². The Bertz CT molecular complexity index is 1930. The van der Waals surface area contributed by atoms with Gasteiger partial charge in [0.1, 0.15) is 19.3 Å². The zero-order valence-corrected chi connectivity index (χ0v) is 61.2. The van der Waals surface area contributed by atoms with Gasteiger partial charge in [0.05, 0.1) is 33.8 Å². The summed E-state index contributed by atoms with van der Waals surface area (Å²) in [5.41, 5.74) is 0. The zero-order chi connectivity index (χ0) is 66.3. The Morgan fingerprint density at radius 1 is 0.385 bits per heavy atom. The monoisotopic (exact) mass is 1290 g/mol. The van der Waals surface area contributed by atoms with Gasteiger partial charge in [0.2, 0.25) is 5.91 Å². The van der Waals surface area contributed by atoms with E-state index in [-0.39, 0.29) is 31.5 Å². The summed E-state index contributed by atoms with van der Waals surface area (Å²) in [6.45, 7) is 6.98. The smallest absolute Gasteiger partial charge is 0.456 e. The van der Waals surface area contributed by atoms with Crippen LogP contribution in [-0.4, -0.2) is 74.3 Å². The molecule has 0 spiro atoms. The van der Waals surface area contributed by atoms with E-state index in [1.165, 1.54) is 199 Å². The highest BCUT2D eigenvalue weighted by Crippen LogP contribution is 2.43. The minimum absolute atomic E-state index is 0.0345. The van der Waals surface area contributed by atoms with E-state index < -0.39 is 20.0 Å². The Hall–Kier alpha value is -3.33. The molecular formula is C81H146N2O7P+. The number of likely N-dealkylation sites (N-methyl/N-ethyl adjacent to an activating group) is 1. The first-order valence-electron chi connectivity index (χ1n) is 38.2. The molecule has 0 bridgehead atoms. The average molecular weight is 1290 g/mol. The van der Waals surface area contributed by atoms with Crippen LogP contribution in [0.15, 0.2) is 109 Å². The second-order valence-corrected chi connectivity index (χ2v) is 28.3. The maximum absolute atomic E-state index is 13.7. The summed E-state index contributed by atoms with van der Waals surface area (Å²) < 4.78 is 30.9. The third-order valence-electron chi connectivity index (χ3n) is 16.7. The van der Waals surface area contributed by atoms with Gasteiger partial charge in [-0.15, -0.1) is 0 Å². The van der Waals surface area contributed by atoms with Crippen molar-refractivity contribution in [1.82, 2.24) is 5.32 Å². The van der Waals surface area contributed by atoms with Gasteiger partial charge >= 0.3 is 13.8 Å². The quantitative estimate of drug-likeness (QED) is 0.0205. The van der Waals surface area contributed by atoms with Gasteiger partial charge in [0.15, 0.2) is 0 Å². The Kier molecular flexibility index (Phi) is 67.0. The molecule has 1 amide bonds. The van der Waals surface area contributed by atoms with Crippen LogP contribution in [0.3, 0.4) is 0 Å². The first-order valence-corrected chi connectivity index (χ1v) is 39.7. The van der Waals surface area contributed by atoms with Gasteiger partial charge in [0, 0.05) is 12.8 Å². The average Bonchev–Trinajstić information content (AvgIpc) is 3.45. The summed E-state index contributed by atoms with van der Waals surface area (Å²) in [6, 6.07) is -0.861. The maximum atomic E-state index is 13.7. The van der Waals surface area contributed by atoms with Crippen molar-refractivity contribution >= 4 is 19.7 Å². The number of nitrogens with one attached hydrogen (secondary N) is 1. The molecule has 0 heterocycles. The molecule has 0 fully saturated rings. The summed E-state index contributed by atoms with van der Waals surface area (Å²) >= 11 is 0. The van der Waals surface area contributed by atoms with Crippen LogP contribution in [0.4, 0.5) is 0 Å². The summed E-state index contributed by atoms with van der Waals surface area (Å²) in [5.74, 6) is -0.510. The summed E-state index contributed by atoms with van der Waals surface area (Å²) in [7, 11) is 1.49. The molecule has 0 aliphatic carbocycles. The number of carbonyl (C=O) groups excluding carboxylic acids is 2. The van der Waals surface area contributed by atoms with E-state index in [1.54, 1.807) is 0 Å². The van der Waals surface area contributed by atoms with Crippen LogP contribution < -0.4 is 5.32 Å². The number of hydrogen-bond acceptors (Lipinski definition) is 6. The zero-order valence-electron chi connectivity index (χ0n) is 60.3. The van der Waals surface area contributed by atoms with Crippen LogP contribution in [0.2, 0.25) is 0 Å². The largest absolute Gasteiger partial charge is 0.472 e. The second kappa shape index (κ2) is 69.5. The number of phosphoric ester groups is 1. The molecule has 0 saturated carbocycles. The van der Waals surface area contributed by atoms with E-state index in [4.69, 9.17) is 13.8 Å². The molecule has 526 valence electrons. The number of esters is 1. The molecule has 0 aliphatic rings. The standard InChI is InChI=1S/C81H145N2O7P/c1-7-10-13-16-19-22-25-28-30-32-34-36-38-40-41-43-44-46-48-50-52-55-58-61-64-67-70-73-80(84)82-78(77-89-91(86,87)88-76-75-83(4,5)6)79(72-69-66-63-60-57-54-27-24-21-18-15-12-9-3)90-81(85)74-71-68-65-62-59-56-53-51-49-47-45-42-39-37-35-33-31-29-26-23-20-17-14-11-8-2/h19-20,22-23,28-31,34-37,40-42,45,69,72,78-79H,7-18,21,24-27,32-33,38-39,43-44,46-68,70-71,73-77H2,1-6H3,(H-,82,84,86,87)/p+1/b22-19-,23-20-,30-28-,31-29-,36-34-,37-35-,41-40-,45-42-,72-69+. The van der Waals surface area contributed by atoms with Crippen molar-refractivity contribution in [2.24, 2.45) is 0 Å². The van der Waals surface area contributed by atoms with Crippen LogP contribution in [-0.2, 0) is 27.9 Å². The fraction of sp³-hybridized carbons (Fsp3) is 0.753. The van der Waals surface area contributed by atoms with Gasteiger partial charge in [-0.05, 0) is 122 Å². The molecule has 0 saturated heterocycles. The molecule has 3 atom stereocenters. The number of quaternary nitrogens is 1. The fourth-order valence-corrected chi connectivity index (χ4v) is 11.5. The fourth-order valence-electron chi connectivity index (χ4n) is 10.8. The van der Waals surface area contributed by atoms with Gasteiger partial charge in [-0.25, -0.2) is 4.57 Å². The third kappa shape index (κ3) is 70.8. The van der Waals surface area contributed by atoms with Crippen molar-refractivity contribution in [3.05, 3.63) is 109 Å². The molecule has 0 rings (SSSR count). The Balaban J connectivity index is 5.06. The molecule has 10 heteroatoms. The molecule has 0 aromatic heterocycles. The van der Waals surface area contributed by atoms with E-state index in [2.05, 4.69) is 123 Å². The van der Waals surface area contributed by atoms with E-state index in [9.17, 15) is 19.0 Å². The lowest BCUT2D eigenvalue weighted by Crippen LogP contribution is -2.47. The number of unbranched alkanes of at least 4 members (excludes halogenated alkanes) is 37. The lowest BCUT2D eigenvalue weighted by Gasteiger charge is -2.27. The summed E-state index contributed by atoms with van der Waals surface area (Å²) in [6.07, 6.45) is 96.7. The molecule has 2 N–H and O–H groups in total. The number of phosphoric acid groups is 1. The Morgan fingerprint density at radius 2 is 0.670 bits per heavy atom. The lowest BCUT2D eigenvalue weighted by atomic mass is 10.0. The first kappa shape index (κ1) is 87.7. The molecule has 0 aromatic rings. The van der Waals surface area contributed by atoms with Crippen molar-refractivity contribution in [1.29, 1.82) is 0 Å². The van der Waals surface area contributed by atoms with Gasteiger partial charge in [-0.2, -0.15) is 0 Å². The van der Waals surface area contributed by atoms with Crippen molar-refractivity contribution in [3.8, 4) is 0 Å². The number of amides is 1. The predicted molar refractivity (Wildman–Crippen MR) is 397 cm³/mol. The van der Waals surface area contributed by atoms with E-state index in [1.807, 2.05) is 33.3 Å². The maximum Gasteiger partial charge on any atom is 0.472 e. The molecule has 9 nitrogen and oxygen atoms in total. The number of ether oxygens (including phenoxy) is 1. The number of allylic oxidation sites excluding steroid dienone is 17. The van der Waals surface area contributed by atoms with Gasteiger partial charge < -0.3 is 19.4 Å². The number of rotatable bonds is 69. The summed E-state index contributed by atoms with van der Waals surface area (Å²) in [4.78, 5) is 38.0. The van der Waals surface area contributed by atoms with E-state index in [0.29, 0.717) is 17.4 Å². The highest BCUT2D eigenvalue weighted by molar-refractivity contribution is 7.47. The van der Waals surface area contributed by atoms with Crippen molar-refractivity contribution < 1.29 is 37.3 Å². The van der Waals surface area contributed by atoms with Crippen LogP contribution in [0.5, 0.6) is 0 Å².